The highest BCUT2D eigenvalue weighted by atomic mass is 79.9. The van der Waals surface area contributed by atoms with Gasteiger partial charge in [-0.05, 0) is 40.2 Å². The molecule has 1 aromatic heterocycles. The summed E-state index contributed by atoms with van der Waals surface area (Å²) in [5, 5.41) is 12.6. The summed E-state index contributed by atoms with van der Waals surface area (Å²) in [4.78, 5) is 3.94. The van der Waals surface area contributed by atoms with Gasteiger partial charge in [0.05, 0.1) is 17.3 Å². The third-order valence-electron chi connectivity index (χ3n) is 1.75. The summed E-state index contributed by atoms with van der Waals surface area (Å²) in [5.41, 5.74) is 1.50. The van der Waals surface area contributed by atoms with E-state index >= 15 is 0 Å². The predicted molar refractivity (Wildman–Crippen MR) is 53.8 cm³/mol. The first kappa shape index (κ1) is 8.91. The number of hydrogen-bond acceptors (Lipinski definition) is 3. The second-order valence-electron chi connectivity index (χ2n) is 2.60. The lowest BCUT2D eigenvalue weighted by molar-refractivity contribution is 0.856. The van der Waals surface area contributed by atoms with Gasteiger partial charge in [0.15, 0.2) is 4.73 Å². The smallest absolute Gasteiger partial charge is 0.199 e. The summed E-state index contributed by atoms with van der Waals surface area (Å²) in [5.74, 6) is 0. The summed E-state index contributed by atoms with van der Waals surface area (Å²) in [6.07, 6.45) is 1.46. The fraction of sp³-hybridized carbons (Fsp3) is 0. The fourth-order valence-corrected chi connectivity index (χ4v) is 1.47. The van der Waals surface area contributed by atoms with E-state index in [1.807, 2.05) is 12.1 Å². The van der Waals surface area contributed by atoms with Crippen LogP contribution in [0.5, 0.6) is 0 Å². The summed E-state index contributed by atoms with van der Waals surface area (Å²) >= 11 is 3.26. The minimum Gasteiger partial charge on any atom is -0.209 e. The van der Waals surface area contributed by atoms with E-state index in [9.17, 15) is 0 Å². The van der Waals surface area contributed by atoms with Gasteiger partial charge in [0.25, 0.3) is 0 Å². The highest BCUT2D eigenvalue weighted by Gasteiger charge is 2.02. The van der Waals surface area contributed by atoms with Crippen molar-refractivity contribution in [2.45, 2.75) is 0 Å². The molecule has 0 fully saturated rings. The zero-order valence-corrected chi connectivity index (χ0v) is 8.64. The van der Waals surface area contributed by atoms with Crippen LogP contribution in [0.2, 0.25) is 0 Å². The zero-order valence-electron chi connectivity index (χ0n) is 7.05. The maximum atomic E-state index is 8.62. The first-order valence-corrected chi connectivity index (χ1v) is 4.66. The molecule has 1 aromatic carbocycles. The Hall–Kier alpha value is -1.67. The molecule has 0 N–H and O–H groups in total. The maximum Gasteiger partial charge on any atom is 0.199 e. The average molecular weight is 249 g/mol. The third-order valence-corrected chi connectivity index (χ3v) is 2.29. The lowest BCUT2D eigenvalue weighted by atomic mass is 10.2. The van der Waals surface area contributed by atoms with Crippen LogP contribution in [0, 0.1) is 11.3 Å². The van der Waals surface area contributed by atoms with Crippen LogP contribution in [-0.4, -0.2) is 14.8 Å². The molecule has 0 aliphatic heterocycles. The van der Waals surface area contributed by atoms with Gasteiger partial charge in [0, 0.05) is 0 Å². The van der Waals surface area contributed by atoms with Gasteiger partial charge in [0.2, 0.25) is 0 Å². The molecule has 0 spiro atoms. The number of hydrogen-bond donors (Lipinski definition) is 0. The summed E-state index contributed by atoms with van der Waals surface area (Å²) in [7, 11) is 0. The van der Waals surface area contributed by atoms with Gasteiger partial charge in [-0.15, -0.1) is 0 Å². The van der Waals surface area contributed by atoms with Crippen LogP contribution < -0.4 is 0 Å². The van der Waals surface area contributed by atoms with Crippen molar-refractivity contribution in [2.75, 3.05) is 0 Å². The van der Waals surface area contributed by atoms with Gasteiger partial charge in [-0.2, -0.15) is 10.4 Å². The monoisotopic (exact) mass is 248 g/mol. The predicted octanol–water partition coefficient (Wildman–Crippen LogP) is 1.90. The van der Waals surface area contributed by atoms with Crippen LogP contribution in [0.1, 0.15) is 5.56 Å². The summed E-state index contributed by atoms with van der Waals surface area (Å²) in [6, 6.07) is 9.17. The molecule has 0 saturated heterocycles. The largest absolute Gasteiger partial charge is 0.209 e. The van der Waals surface area contributed by atoms with Gasteiger partial charge in [-0.25, -0.2) is 9.67 Å². The Bertz CT molecular complexity index is 480. The van der Waals surface area contributed by atoms with Crippen LogP contribution in [0.3, 0.4) is 0 Å². The standard InChI is InChI=1S/C9H5BrN4/c10-9-12-6-13-14(9)8-3-1-7(5-11)2-4-8/h1-4,6H. The lowest BCUT2D eigenvalue weighted by Crippen LogP contribution is -1.96. The number of rotatable bonds is 1. The van der Waals surface area contributed by atoms with Crippen LogP contribution in [0.4, 0.5) is 0 Å². The maximum absolute atomic E-state index is 8.62. The van der Waals surface area contributed by atoms with Gasteiger partial charge < -0.3 is 0 Å². The van der Waals surface area contributed by atoms with Crippen LogP contribution in [-0.2, 0) is 0 Å². The Labute approximate surface area is 88.9 Å². The van der Waals surface area contributed by atoms with Gasteiger partial charge in [-0.3, -0.25) is 0 Å². The van der Waals surface area contributed by atoms with Crippen LogP contribution in [0.25, 0.3) is 5.69 Å². The molecular weight excluding hydrogens is 244 g/mol. The van der Waals surface area contributed by atoms with Crippen molar-refractivity contribution in [3.05, 3.63) is 40.9 Å². The van der Waals surface area contributed by atoms with Crippen molar-refractivity contribution in [3.8, 4) is 11.8 Å². The molecule has 2 rings (SSSR count). The minimum absolute atomic E-state index is 0.630. The quantitative estimate of drug-likeness (QED) is 0.775. The lowest BCUT2D eigenvalue weighted by Gasteiger charge is -2.00. The van der Waals surface area contributed by atoms with E-state index in [4.69, 9.17) is 5.26 Å². The number of benzene rings is 1. The Morgan fingerprint density at radius 1 is 1.29 bits per heavy atom. The molecule has 0 radical (unpaired) electrons. The molecule has 0 unspecified atom stereocenters. The number of aromatic nitrogens is 3. The number of halogens is 1. The highest BCUT2D eigenvalue weighted by Crippen LogP contribution is 2.13. The topological polar surface area (TPSA) is 54.5 Å². The molecule has 5 heteroatoms. The Balaban J connectivity index is 2.45. The van der Waals surface area contributed by atoms with E-state index in [1.54, 1.807) is 16.8 Å². The summed E-state index contributed by atoms with van der Waals surface area (Å²) in [6.45, 7) is 0. The molecule has 4 nitrogen and oxygen atoms in total. The average Bonchev–Trinajstić information content (AvgIpc) is 2.65. The van der Waals surface area contributed by atoms with Crippen LogP contribution >= 0.6 is 15.9 Å². The van der Waals surface area contributed by atoms with Crippen molar-refractivity contribution in [3.63, 3.8) is 0 Å². The number of nitrogens with zero attached hydrogens (tertiary/aromatic N) is 4. The van der Waals surface area contributed by atoms with Crippen molar-refractivity contribution in [1.29, 1.82) is 5.26 Å². The first-order chi connectivity index (χ1) is 6.81. The van der Waals surface area contributed by atoms with E-state index < -0.39 is 0 Å². The van der Waals surface area contributed by atoms with Crippen molar-refractivity contribution in [1.82, 2.24) is 14.8 Å². The fourth-order valence-electron chi connectivity index (χ4n) is 1.08. The molecule has 68 valence electrons. The molecule has 0 atom stereocenters. The molecule has 2 aromatic rings. The molecular formula is C9H5BrN4. The first-order valence-electron chi connectivity index (χ1n) is 3.87. The second kappa shape index (κ2) is 3.60. The Morgan fingerprint density at radius 3 is 2.50 bits per heavy atom. The molecule has 0 bridgehead atoms. The van der Waals surface area contributed by atoms with Crippen molar-refractivity contribution >= 4 is 15.9 Å². The highest BCUT2D eigenvalue weighted by molar-refractivity contribution is 9.10. The van der Waals surface area contributed by atoms with E-state index in [1.165, 1.54) is 6.33 Å². The Morgan fingerprint density at radius 2 is 2.00 bits per heavy atom. The second-order valence-corrected chi connectivity index (χ2v) is 3.31. The van der Waals surface area contributed by atoms with Crippen molar-refractivity contribution < 1.29 is 0 Å². The molecule has 1 heterocycles. The molecule has 0 aliphatic carbocycles. The molecule has 0 aliphatic rings. The Kier molecular flexibility index (Phi) is 2.29. The zero-order chi connectivity index (χ0) is 9.97. The van der Waals surface area contributed by atoms with Gasteiger partial charge >= 0.3 is 0 Å². The van der Waals surface area contributed by atoms with Gasteiger partial charge in [-0.1, -0.05) is 0 Å². The van der Waals surface area contributed by atoms with Crippen LogP contribution in [0.15, 0.2) is 35.3 Å². The van der Waals surface area contributed by atoms with E-state index in [0.29, 0.717) is 10.3 Å². The molecule has 14 heavy (non-hydrogen) atoms. The molecule has 0 amide bonds. The SMILES string of the molecule is N#Cc1ccc(-n2ncnc2Br)cc1. The van der Waals surface area contributed by atoms with E-state index in [2.05, 4.69) is 32.1 Å². The summed E-state index contributed by atoms with van der Waals surface area (Å²) < 4.78 is 2.28. The normalized spacial score (nSPS) is 9.71. The van der Waals surface area contributed by atoms with Gasteiger partial charge in [0.1, 0.15) is 6.33 Å². The third kappa shape index (κ3) is 1.52. The van der Waals surface area contributed by atoms with E-state index in [0.717, 1.165) is 5.69 Å². The minimum atomic E-state index is 0.630. The van der Waals surface area contributed by atoms with E-state index in [-0.39, 0.29) is 0 Å². The molecule has 0 saturated carbocycles. The number of nitriles is 1. The van der Waals surface area contributed by atoms with Crippen molar-refractivity contribution in [2.24, 2.45) is 0 Å².